The van der Waals surface area contributed by atoms with Crippen LogP contribution in [0.1, 0.15) is 47.7 Å². The van der Waals surface area contributed by atoms with Gasteiger partial charge in [-0.3, -0.25) is 14.2 Å². The Kier molecular flexibility index (Phi) is 4.27. The lowest BCUT2D eigenvalue weighted by Gasteiger charge is -2.34. The van der Waals surface area contributed by atoms with E-state index in [0.717, 1.165) is 31.0 Å². The molecule has 0 atom stereocenters. The summed E-state index contributed by atoms with van der Waals surface area (Å²) in [5.41, 5.74) is 0.607. The molecule has 9 nitrogen and oxygen atoms in total. The third kappa shape index (κ3) is 3.12. The summed E-state index contributed by atoms with van der Waals surface area (Å²) in [5.74, 6) is 2.10. The van der Waals surface area contributed by atoms with Crippen LogP contribution < -0.4 is 5.32 Å². The number of hydrogen-bond acceptors (Lipinski definition) is 5. The number of nitrogens with one attached hydrogen (secondary N) is 1. The smallest absolute Gasteiger partial charge is 0.254 e. The van der Waals surface area contributed by atoms with Gasteiger partial charge in [0, 0.05) is 44.1 Å². The van der Waals surface area contributed by atoms with Crippen molar-refractivity contribution >= 4 is 5.91 Å². The van der Waals surface area contributed by atoms with Crippen LogP contribution in [0.25, 0.3) is 0 Å². The van der Waals surface area contributed by atoms with Crippen molar-refractivity contribution < 1.29 is 4.79 Å². The predicted molar refractivity (Wildman–Crippen MR) is 93.5 cm³/mol. The Morgan fingerprint density at radius 2 is 2.12 bits per heavy atom. The van der Waals surface area contributed by atoms with Crippen molar-refractivity contribution in [2.45, 2.75) is 44.8 Å². The zero-order chi connectivity index (χ0) is 18.1. The van der Waals surface area contributed by atoms with Gasteiger partial charge >= 0.3 is 0 Å². The first-order valence-corrected chi connectivity index (χ1v) is 8.83. The summed E-state index contributed by atoms with van der Waals surface area (Å²) in [6.45, 7) is 3.35. The van der Waals surface area contributed by atoms with E-state index in [1.807, 2.05) is 35.5 Å². The summed E-state index contributed by atoms with van der Waals surface area (Å²) in [7, 11) is 1.99. The van der Waals surface area contributed by atoms with Crippen LogP contribution >= 0.6 is 0 Å². The van der Waals surface area contributed by atoms with Crippen LogP contribution in [0, 0.1) is 0 Å². The fraction of sp³-hybridized carbons (Fsp3) is 0.471. The van der Waals surface area contributed by atoms with Crippen molar-refractivity contribution in [3.63, 3.8) is 0 Å². The second-order valence-corrected chi connectivity index (χ2v) is 6.66. The molecule has 0 unspecified atom stereocenters. The summed E-state index contributed by atoms with van der Waals surface area (Å²) in [4.78, 5) is 12.3. The van der Waals surface area contributed by atoms with Gasteiger partial charge in [-0.25, -0.2) is 0 Å². The van der Waals surface area contributed by atoms with Gasteiger partial charge in [-0.15, -0.1) is 10.2 Å². The number of rotatable bonds is 6. The number of hydrogen-bond donors (Lipinski definition) is 1. The molecule has 0 bridgehead atoms. The average molecular weight is 354 g/mol. The largest absolute Gasteiger partial charge is 0.349 e. The Morgan fingerprint density at radius 1 is 1.27 bits per heavy atom. The monoisotopic (exact) mass is 354 g/mol. The van der Waals surface area contributed by atoms with Crippen molar-refractivity contribution in [3.8, 4) is 0 Å². The van der Waals surface area contributed by atoms with E-state index in [2.05, 4.69) is 25.7 Å². The van der Waals surface area contributed by atoms with E-state index in [4.69, 9.17) is 0 Å². The molecule has 26 heavy (non-hydrogen) atoms. The van der Waals surface area contributed by atoms with E-state index in [1.54, 1.807) is 23.3 Å². The molecule has 1 saturated carbocycles. The quantitative estimate of drug-likeness (QED) is 0.711. The Morgan fingerprint density at radius 3 is 2.81 bits per heavy atom. The highest BCUT2D eigenvalue weighted by Gasteiger charge is 2.35. The second-order valence-electron chi connectivity index (χ2n) is 6.66. The summed E-state index contributed by atoms with van der Waals surface area (Å²) in [5, 5.41) is 20.1. The molecule has 0 aliphatic heterocycles. The van der Waals surface area contributed by atoms with Crippen molar-refractivity contribution in [1.29, 1.82) is 0 Å². The molecule has 4 rings (SSSR count). The molecule has 3 aromatic rings. The fourth-order valence-corrected chi connectivity index (χ4v) is 3.28. The van der Waals surface area contributed by atoms with Gasteiger partial charge in [0.1, 0.15) is 12.4 Å². The Balaban J connectivity index is 1.33. The molecule has 1 aliphatic carbocycles. The standard InChI is InChI=1S/C17H22N8O/c1-3-24-10-13(9-19-24)17(26)20-14-7-12(8-14)16-22-21-15(23(16)2)11-25-6-4-5-18-25/h4-6,9-10,12,14H,3,7-8,11H2,1-2H3,(H,20,26). The van der Waals surface area contributed by atoms with Gasteiger partial charge in [0.15, 0.2) is 5.82 Å². The van der Waals surface area contributed by atoms with Gasteiger partial charge in [0.05, 0.1) is 11.8 Å². The Bertz CT molecular complexity index is 888. The molecule has 1 aliphatic rings. The molecule has 3 aromatic heterocycles. The maximum absolute atomic E-state index is 12.3. The molecular formula is C17H22N8O. The molecule has 3 heterocycles. The van der Waals surface area contributed by atoms with Crippen LogP contribution in [0.15, 0.2) is 30.9 Å². The molecule has 0 aromatic carbocycles. The van der Waals surface area contributed by atoms with Crippen molar-refractivity contribution in [3.05, 3.63) is 48.1 Å². The predicted octanol–water partition coefficient (Wildman–Crippen LogP) is 0.952. The summed E-state index contributed by atoms with van der Waals surface area (Å²) in [6.07, 6.45) is 8.79. The molecule has 0 saturated heterocycles. The van der Waals surface area contributed by atoms with Crippen LogP contribution in [-0.2, 0) is 20.1 Å². The molecule has 1 amide bonds. The highest BCUT2D eigenvalue weighted by atomic mass is 16.1. The minimum Gasteiger partial charge on any atom is -0.349 e. The lowest BCUT2D eigenvalue weighted by molar-refractivity contribution is 0.0907. The Labute approximate surface area is 151 Å². The van der Waals surface area contributed by atoms with Crippen LogP contribution in [0.2, 0.25) is 0 Å². The maximum atomic E-state index is 12.3. The summed E-state index contributed by atoms with van der Waals surface area (Å²) >= 11 is 0. The minimum absolute atomic E-state index is 0.0644. The van der Waals surface area contributed by atoms with Gasteiger partial charge in [0.25, 0.3) is 5.91 Å². The minimum atomic E-state index is -0.0644. The first-order chi connectivity index (χ1) is 12.6. The number of amides is 1. The SMILES string of the molecule is CCn1cc(C(=O)NC2CC(c3nnc(Cn4cccn4)n3C)C2)cn1. The average Bonchev–Trinajstić information content (AvgIpc) is 3.34. The number of aryl methyl sites for hydroxylation is 1. The van der Waals surface area contributed by atoms with Gasteiger partial charge < -0.3 is 9.88 Å². The molecule has 9 heteroatoms. The van der Waals surface area contributed by atoms with Crippen LogP contribution in [-0.4, -0.2) is 46.3 Å². The first kappa shape index (κ1) is 16.5. The van der Waals surface area contributed by atoms with Crippen LogP contribution in [0.3, 0.4) is 0 Å². The third-order valence-electron chi connectivity index (χ3n) is 4.92. The first-order valence-electron chi connectivity index (χ1n) is 8.83. The van der Waals surface area contributed by atoms with Gasteiger partial charge in [-0.2, -0.15) is 10.2 Å². The topological polar surface area (TPSA) is 95.5 Å². The fourth-order valence-electron chi connectivity index (χ4n) is 3.28. The van der Waals surface area contributed by atoms with Crippen molar-refractivity contribution in [2.24, 2.45) is 7.05 Å². The normalized spacial score (nSPS) is 19.3. The molecule has 1 fully saturated rings. The van der Waals surface area contributed by atoms with E-state index in [9.17, 15) is 4.79 Å². The zero-order valence-electron chi connectivity index (χ0n) is 14.9. The highest BCUT2D eigenvalue weighted by Crippen LogP contribution is 2.36. The van der Waals surface area contributed by atoms with Gasteiger partial charge in [-0.05, 0) is 25.8 Å². The van der Waals surface area contributed by atoms with Gasteiger partial charge in [-0.1, -0.05) is 0 Å². The Hall–Kier alpha value is -2.97. The molecular weight excluding hydrogens is 332 g/mol. The zero-order valence-corrected chi connectivity index (χ0v) is 14.9. The summed E-state index contributed by atoms with van der Waals surface area (Å²) in [6, 6.07) is 2.06. The third-order valence-corrected chi connectivity index (χ3v) is 4.92. The number of nitrogens with zero attached hydrogens (tertiary/aromatic N) is 7. The van der Waals surface area contributed by atoms with Crippen molar-refractivity contribution in [1.82, 2.24) is 39.6 Å². The van der Waals surface area contributed by atoms with Crippen molar-refractivity contribution in [2.75, 3.05) is 0 Å². The van der Waals surface area contributed by atoms with Crippen LogP contribution in [0.5, 0.6) is 0 Å². The number of aromatic nitrogens is 7. The maximum Gasteiger partial charge on any atom is 0.254 e. The van der Waals surface area contributed by atoms with Gasteiger partial charge in [0.2, 0.25) is 0 Å². The highest BCUT2D eigenvalue weighted by molar-refractivity contribution is 5.93. The second kappa shape index (κ2) is 6.74. The number of carbonyl (C=O) groups excluding carboxylic acids is 1. The lowest BCUT2D eigenvalue weighted by atomic mass is 9.79. The lowest BCUT2D eigenvalue weighted by Crippen LogP contribution is -2.43. The van der Waals surface area contributed by atoms with Crippen LogP contribution in [0.4, 0.5) is 0 Å². The van der Waals surface area contributed by atoms with E-state index in [1.165, 1.54) is 0 Å². The molecule has 0 radical (unpaired) electrons. The summed E-state index contributed by atoms with van der Waals surface area (Å²) < 4.78 is 5.61. The molecule has 136 valence electrons. The van der Waals surface area contributed by atoms with E-state index in [-0.39, 0.29) is 11.9 Å². The van der Waals surface area contributed by atoms with E-state index >= 15 is 0 Å². The molecule has 1 N–H and O–H groups in total. The molecule has 0 spiro atoms. The van der Waals surface area contributed by atoms with E-state index in [0.29, 0.717) is 18.0 Å². The van der Waals surface area contributed by atoms with E-state index < -0.39 is 0 Å². The number of carbonyl (C=O) groups is 1.